The Hall–Kier alpha value is -1.34. The van der Waals surface area contributed by atoms with Crippen LogP contribution in [0.2, 0.25) is 0 Å². The van der Waals surface area contributed by atoms with E-state index in [0.717, 1.165) is 11.5 Å². The maximum atomic E-state index is 13.4. The number of carbonyl (C=O) groups is 1. The molecule has 82 valence electrons. The highest BCUT2D eigenvalue weighted by Crippen LogP contribution is 2.19. The van der Waals surface area contributed by atoms with Gasteiger partial charge in [-0.1, -0.05) is 20.4 Å². The minimum atomic E-state index is -0.508. The highest BCUT2D eigenvalue weighted by Gasteiger charge is 2.11. The summed E-state index contributed by atoms with van der Waals surface area (Å²) >= 11 is 4.19. The lowest BCUT2D eigenvalue weighted by Gasteiger charge is -2.04. The summed E-state index contributed by atoms with van der Waals surface area (Å²) in [6.07, 6.45) is 0. The Morgan fingerprint density at radius 3 is 2.94 bits per heavy atom. The molecule has 1 heterocycles. The second-order valence-electron chi connectivity index (χ2n) is 2.87. The lowest BCUT2D eigenvalue weighted by atomic mass is 10.3. The third-order valence-electron chi connectivity index (χ3n) is 1.77. The van der Waals surface area contributed by atoms with Crippen LogP contribution in [0, 0.1) is 5.82 Å². The van der Waals surface area contributed by atoms with Crippen LogP contribution in [0.15, 0.2) is 28.1 Å². The van der Waals surface area contributed by atoms with E-state index < -0.39 is 11.7 Å². The largest absolute Gasteiger partial charge is 0.318 e. The zero-order valence-corrected chi connectivity index (χ0v) is 10.2. The van der Waals surface area contributed by atoms with Gasteiger partial charge in [0.25, 0.3) is 5.91 Å². The highest BCUT2D eigenvalue weighted by atomic mass is 79.9. The van der Waals surface area contributed by atoms with Crippen LogP contribution >= 0.6 is 27.5 Å². The zero-order valence-electron chi connectivity index (χ0n) is 7.78. The fraction of sp³-hybridized carbons (Fsp3) is 0. The number of halogens is 2. The number of rotatable bonds is 2. The summed E-state index contributed by atoms with van der Waals surface area (Å²) < 4.78 is 17.5. The predicted molar refractivity (Wildman–Crippen MR) is 62.0 cm³/mol. The summed E-state index contributed by atoms with van der Waals surface area (Å²) in [5.74, 6) is -0.985. The van der Waals surface area contributed by atoms with Crippen molar-refractivity contribution in [3.8, 4) is 0 Å². The van der Waals surface area contributed by atoms with E-state index in [2.05, 4.69) is 30.8 Å². The molecule has 0 atom stereocenters. The van der Waals surface area contributed by atoms with Gasteiger partial charge >= 0.3 is 0 Å². The van der Waals surface area contributed by atoms with Gasteiger partial charge in [-0.25, -0.2) is 4.39 Å². The summed E-state index contributed by atoms with van der Waals surface area (Å²) in [6, 6.07) is 4.38. The van der Waals surface area contributed by atoms with Crippen molar-refractivity contribution in [2.45, 2.75) is 0 Å². The first-order chi connectivity index (χ1) is 7.66. The molecular weight excluding hydrogens is 297 g/mol. The fourth-order valence-electron chi connectivity index (χ4n) is 1.04. The number of hydrogen-bond donors (Lipinski definition) is 1. The van der Waals surface area contributed by atoms with E-state index in [1.165, 1.54) is 17.5 Å². The number of carbonyl (C=O) groups excluding carboxylic acids is 1. The van der Waals surface area contributed by atoms with Gasteiger partial charge in [0.1, 0.15) is 5.82 Å². The molecule has 7 heteroatoms. The first kappa shape index (κ1) is 11.2. The topological polar surface area (TPSA) is 54.9 Å². The average Bonchev–Trinajstić information content (AvgIpc) is 2.75. The Morgan fingerprint density at radius 2 is 2.31 bits per heavy atom. The Labute approximate surface area is 103 Å². The van der Waals surface area contributed by atoms with Crippen LogP contribution in [0.25, 0.3) is 0 Å². The molecule has 0 aliphatic rings. The van der Waals surface area contributed by atoms with Crippen molar-refractivity contribution >= 4 is 39.1 Å². The maximum absolute atomic E-state index is 13.4. The predicted octanol–water partition coefficient (Wildman–Crippen LogP) is 2.69. The summed E-state index contributed by atoms with van der Waals surface area (Å²) in [6.45, 7) is 0. The molecule has 1 aromatic heterocycles. The Bertz CT molecular complexity index is 517. The SMILES string of the molecule is O=C(Nc1ccc(Br)cc1F)c1csnn1. The summed E-state index contributed by atoms with van der Waals surface area (Å²) in [4.78, 5) is 11.5. The highest BCUT2D eigenvalue weighted by molar-refractivity contribution is 9.10. The maximum Gasteiger partial charge on any atom is 0.277 e. The molecule has 0 fully saturated rings. The standard InChI is InChI=1S/C9H5BrFN3OS/c10-5-1-2-7(6(11)3-5)12-9(15)8-4-16-14-13-8/h1-4H,(H,12,15). The molecule has 0 aliphatic carbocycles. The molecule has 1 amide bonds. The van der Waals surface area contributed by atoms with Crippen molar-refractivity contribution in [3.05, 3.63) is 39.6 Å². The van der Waals surface area contributed by atoms with Crippen LogP contribution in [-0.2, 0) is 0 Å². The van der Waals surface area contributed by atoms with Gasteiger partial charge in [-0.15, -0.1) is 5.10 Å². The van der Waals surface area contributed by atoms with E-state index in [1.54, 1.807) is 6.07 Å². The number of amides is 1. The number of nitrogens with zero attached hydrogens (tertiary/aromatic N) is 2. The van der Waals surface area contributed by atoms with E-state index in [4.69, 9.17) is 0 Å². The van der Waals surface area contributed by atoms with Crippen molar-refractivity contribution < 1.29 is 9.18 Å². The van der Waals surface area contributed by atoms with E-state index in [0.29, 0.717) is 4.47 Å². The van der Waals surface area contributed by atoms with Crippen LogP contribution in [0.1, 0.15) is 10.5 Å². The van der Waals surface area contributed by atoms with Gasteiger partial charge in [0.15, 0.2) is 5.69 Å². The first-order valence-corrected chi connectivity index (χ1v) is 5.83. The number of aromatic nitrogens is 2. The minimum Gasteiger partial charge on any atom is -0.318 e. The minimum absolute atomic E-state index is 0.112. The van der Waals surface area contributed by atoms with Crippen molar-refractivity contribution in [2.24, 2.45) is 0 Å². The van der Waals surface area contributed by atoms with Crippen LogP contribution in [-0.4, -0.2) is 15.5 Å². The Kier molecular flexibility index (Phi) is 3.25. The number of anilines is 1. The lowest BCUT2D eigenvalue weighted by Crippen LogP contribution is -2.13. The molecule has 0 saturated heterocycles. The van der Waals surface area contributed by atoms with Gasteiger partial charge in [0.05, 0.1) is 5.69 Å². The molecule has 1 N–H and O–H groups in total. The van der Waals surface area contributed by atoms with Gasteiger partial charge in [-0.05, 0) is 29.7 Å². The van der Waals surface area contributed by atoms with E-state index >= 15 is 0 Å². The van der Waals surface area contributed by atoms with Gasteiger partial charge in [0.2, 0.25) is 0 Å². The average molecular weight is 302 g/mol. The third-order valence-corrected chi connectivity index (χ3v) is 2.77. The van der Waals surface area contributed by atoms with Gasteiger partial charge in [0, 0.05) is 9.85 Å². The fourth-order valence-corrected chi connectivity index (χ4v) is 1.81. The quantitative estimate of drug-likeness (QED) is 0.928. The molecule has 2 aromatic rings. The van der Waals surface area contributed by atoms with Gasteiger partial charge in [-0.2, -0.15) is 0 Å². The van der Waals surface area contributed by atoms with Crippen LogP contribution in [0.5, 0.6) is 0 Å². The van der Waals surface area contributed by atoms with Crippen molar-refractivity contribution in [1.29, 1.82) is 0 Å². The molecule has 0 radical (unpaired) electrons. The van der Waals surface area contributed by atoms with Crippen molar-refractivity contribution in [2.75, 3.05) is 5.32 Å². The monoisotopic (exact) mass is 301 g/mol. The van der Waals surface area contributed by atoms with Crippen LogP contribution in [0.4, 0.5) is 10.1 Å². The van der Waals surface area contributed by atoms with Crippen molar-refractivity contribution in [1.82, 2.24) is 9.59 Å². The molecule has 0 bridgehead atoms. The normalized spacial score (nSPS) is 10.1. The van der Waals surface area contributed by atoms with Crippen LogP contribution in [0.3, 0.4) is 0 Å². The summed E-state index contributed by atoms with van der Waals surface area (Å²) in [5.41, 5.74) is 0.286. The summed E-state index contributed by atoms with van der Waals surface area (Å²) in [7, 11) is 0. The molecule has 0 spiro atoms. The zero-order chi connectivity index (χ0) is 11.5. The number of benzene rings is 1. The third kappa shape index (κ3) is 2.42. The lowest BCUT2D eigenvalue weighted by molar-refractivity contribution is 0.102. The van der Waals surface area contributed by atoms with E-state index in [9.17, 15) is 9.18 Å². The molecule has 2 rings (SSSR count). The van der Waals surface area contributed by atoms with E-state index in [1.807, 2.05) is 0 Å². The molecule has 1 aromatic carbocycles. The number of hydrogen-bond acceptors (Lipinski definition) is 4. The molecular formula is C9H5BrFN3OS. The first-order valence-electron chi connectivity index (χ1n) is 4.20. The molecule has 0 unspecified atom stereocenters. The van der Waals surface area contributed by atoms with Crippen molar-refractivity contribution in [3.63, 3.8) is 0 Å². The van der Waals surface area contributed by atoms with E-state index in [-0.39, 0.29) is 11.4 Å². The summed E-state index contributed by atoms with van der Waals surface area (Å²) in [5, 5.41) is 7.49. The van der Waals surface area contributed by atoms with Gasteiger partial charge < -0.3 is 5.32 Å². The Morgan fingerprint density at radius 1 is 1.50 bits per heavy atom. The second kappa shape index (κ2) is 4.67. The molecule has 16 heavy (non-hydrogen) atoms. The van der Waals surface area contributed by atoms with Gasteiger partial charge in [-0.3, -0.25) is 4.79 Å². The second-order valence-corrected chi connectivity index (χ2v) is 4.39. The smallest absolute Gasteiger partial charge is 0.277 e. The molecule has 0 saturated carbocycles. The molecule has 4 nitrogen and oxygen atoms in total. The number of nitrogens with one attached hydrogen (secondary N) is 1. The Balaban J connectivity index is 2.18. The molecule has 0 aliphatic heterocycles. The van der Waals surface area contributed by atoms with Crippen LogP contribution < -0.4 is 5.32 Å².